The normalized spacial score (nSPS) is 19.4. The van der Waals surface area contributed by atoms with E-state index in [0.717, 1.165) is 45.9 Å². The van der Waals surface area contributed by atoms with Gasteiger partial charge in [0.1, 0.15) is 0 Å². The van der Waals surface area contributed by atoms with Crippen LogP contribution in [0.3, 0.4) is 0 Å². The fourth-order valence-corrected chi connectivity index (χ4v) is 1.74. The molecule has 1 amide bonds. The highest BCUT2D eigenvalue weighted by Crippen LogP contribution is 1.96. The van der Waals surface area contributed by atoms with Crippen molar-refractivity contribution in [3.05, 3.63) is 0 Å². The lowest BCUT2D eigenvalue weighted by molar-refractivity contribution is -0.124. The molecule has 0 aromatic carbocycles. The maximum absolute atomic E-state index is 11.6. The Morgan fingerprint density at radius 1 is 1.44 bits per heavy atom. The van der Waals surface area contributed by atoms with Gasteiger partial charge in [-0.3, -0.25) is 9.69 Å². The molecule has 0 radical (unpaired) electrons. The third kappa shape index (κ3) is 4.92. The van der Waals surface area contributed by atoms with Crippen LogP contribution in [0.1, 0.15) is 6.92 Å². The first-order valence-corrected chi connectivity index (χ1v) is 5.96. The average Bonchev–Trinajstić information content (AvgIpc) is 2.30. The van der Waals surface area contributed by atoms with Gasteiger partial charge >= 0.3 is 0 Å². The minimum atomic E-state index is 0.0367. The van der Waals surface area contributed by atoms with Crippen LogP contribution in [-0.2, 0) is 9.53 Å². The molecule has 0 bridgehead atoms. The van der Waals surface area contributed by atoms with Crippen molar-refractivity contribution >= 4 is 5.91 Å². The van der Waals surface area contributed by atoms with Crippen molar-refractivity contribution < 1.29 is 9.53 Å². The van der Waals surface area contributed by atoms with E-state index in [-0.39, 0.29) is 11.8 Å². The molecule has 16 heavy (non-hydrogen) atoms. The highest BCUT2D eigenvalue weighted by atomic mass is 16.5. The average molecular weight is 229 g/mol. The van der Waals surface area contributed by atoms with E-state index in [9.17, 15) is 4.79 Å². The maximum atomic E-state index is 11.6. The summed E-state index contributed by atoms with van der Waals surface area (Å²) in [4.78, 5) is 13.9. The Bertz CT molecular complexity index is 205. The SMILES string of the molecule is CNCC(C)C(=O)NCCN1CCOCC1. The summed E-state index contributed by atoms with van der Waals surface area (Å²) in [6.07, 6.45) is 0. The van der Waals surface area contributed by atoms with E-state index < -0.39 is 0 Å². The van der Waals surface area contributed by atoms with Crippen molar-refractivity contribution in [2.45, 2.75) is 6.92 Å². The van der Waals surface area contributed by atoms with Crippen LogP contribution in [-0.4, -0.2) is 63.8 Å². The Hall–Kier alpha value is -0.650. The number of rotatable bonds is 6. The van der Waals surface area contributed by atoms with Crippen molar-refractivity contribution in [3.63, 3.8) is 0 Å². The highest BCUT2D eigenvalue weighted by Gasteiger charge is 2.13. The molecule has 5 nitrogen and oxygen atoms in total. The lowest BCUT2D eigenvalue weighted by Gasteiger charge is -2.26. The van der Waals surface area contributed by atoms with Crippen LogP contribution in [0.4, 0.5) is 0 Å². The third-order valence-electron chi connectivity index (χ3n) is 2.79. The van der Waals surface area contributed by atoms with Crippen molar-refractivity contribution in [2.75, 3.05) is 53.0 Å². The second kappa shape index (κ2) is 7.60. The molecular formula is C11H23N3O2. The van der Waals surface area contributed by atoms with Gasteiger partial charge in [0.2, 0.25) is 5.91 Å². The maximum Gasteiger partial charge on any atom is 0.224 e. The Morgan fingerprint density at radius 2 is 2.12 bits per heavy atom. The predicted octanol–water partition coefficient (Wildman–Crippen LogP) is -0.710. The third-order valence-corrected chi connectivity index (χ3v) is 2.79. The number of hydrogen-bond acceptors (Lipinski definition) is 4. The van der Waals surface area contributed by atoms with Gasteiger partial charge in [-0.15, -0.1) is 0 Å². The van der Waals surface area contributed by atoms with Gasteiger partial charge in [-0.25, -0.2) is 0 Å². The number of morpholine rings is 1. The molecule has 0 spiro atoms. The summed E-state index contributed by atoms with van der Waals surface area (Å²) in [7, 11) is 1.86. The van der Waals surface area contributed by atoms with Gasteiger partial charge in [-0.05, 0) is 7.05 Å². The molecule has 0 aliphatic carbocycles. The van der Waals surface area contributed by atoms with E-state index in [1.54, 1.807) is 0 Å². The standard InChI is InChI=1S/C11H23N3O2/c1-10(9-12-2)11(15)13-3-4-14-5-7-16-8-6-14/h10,12H,3-9H2,1-2H3,(H,13,15). The van der Waals surface area contributed by atoms with Crippen molar-refractivity contribution in [1.82, 2.24) is 15.5 Å². The summed E-state index contributed by atoms with van der Waals surface area (Å²) >= 11 is 0. The van der Waals surface area contributed by atoms with E-state index in [0.29, 0.717) is 0 Å². The molecule has 0 aromatic rings. The number of nitrogens with one attached hydrogen (secondary N) is 2. The first-order chi connectivity index (χ1) is 7.74. The van der Waals surface area contributed by atoms with Gasteiger partial charge in [0.15, 0.2) is 0 Å². The van der Waals surface area contributed by atoms with Crippen LogP contribution in [0.15, 0.2) is 0 Å². The van der Waals surface area contributed by atoms with Gasteiger partial charge in [0.25, 0.3) is 0 Å². The monoisotopic (exact) mass is 229 g/mol. The molecule has 1 aliphatic heterocycles. The number of nitrogens with zero attached hydrogens (tertiary/aromatic N) is 1. The number of hydrogen-bond donors (Lipinski definition) is 2. The Morgan fingerprint density at radius 3 is 2.75 bits per heavy atom. The molecule has 1 aliphatic rings. The molecule has 94 valence electrons. The zero-order chi connectivity index (χ0) is 11.8. The number of amides is 1. The quantitative estimate of drug-likeness (QED) is 0.632. The largest absolute Gasteiger partial charge is 0.379 e. The van der Waals surface area contributed by atoms with Gasteiger partial charge in [0, 0.05) is 38.6 Å². The summed E-state index contributed by atoms with van der Waals surface area (Å²) in [6, 6.07) is 0. The number of carbonyl (C=O) groups excluding carboxylic acids is 1. The summed E-state index contributed by atoms with van der Waals surface area (Å²) in [5, 5.41) is 5.95. The summed E-state index contributed by atoms with van der Waals surface area (Å²) < 4.78 is 5.26. The van der Waals surface area contributed by atoms with Crippen LogP contribution in [0.25, 0.3) is 0 Å². The molecule has 0 aromatic heterocycles. The molecule has 1 rings (SSSR count). The highest BCUT2D eigenvalue weighted by molar-refractivity contribution is 5.78. The molecule has 0 saturated carbocycles. The first kappa shape index (κ1) is 13.4. The zero-order valence-corrected chi connectivity index (χ0v) is 10.3. The second-order valence-corrected chi connectivity index (χ2v) is 4.20. The van der Waals surface area contributed by atoms with Crippen LogP contribution < -0.4 is 10.6 Å². The van der Waals surface area contributed by atoms with Gasteiger partial charge in [-0.1, -0.05) is 6.92 Å². The predicted molar refractivity (Wildman–Crippen MR) is 63.4 cm³/mol. The molecular weight excluding hydrogens is 206 g/mol. The summed E-state index contributed by atoms with van der Waals surface area (Å²) in [6.45, 7) is 7.87. The second-order valence-electron chi connectivity index (χ2n) is 4.20. The number of ether oxygens (including phenoxy) is 1. The first-order valence-electron chi connectivity index (χ1n) is 5.96. The van der Waals surface area contributed by atoms with Crippen LogP contribution in [0, 0.1) is 5.92 Å². The van der Waals surface area contributed by atoms with Gasteiger partial charge in [0.05, 0.1) is 13.2 Å². The molecule has 5 heteroatoms. The van der Waals surface area contributed by atoms with E-state index >= 15 is 0 Å². The summed E-state index contributed by atoms with van der Waals surface area (Å²) in [5.41, 5.74) is 0. The lowest BCUT2D eigenvalue weighted by atomic mass is 10.1. The van der Waals surface area contributed by atoms with Gasteiger partial charge in [-0.2, -0.15) is 0 Å². The van der Waals surface area contributed by atoms with Crippen molar-refractivity contribution in [2.24, 2.45) is 5.92 Å². The molecule has 1 fully saturated rings. The van der Waals surface area contributed by atoms with E-state index in [4.69, 9.17) is 4.74 Å². The Kier molecular flexibility index (Phi) is 6.37. The van der Waals surface area contributed by atoms with Crippen molar-refractivity contribution in [3.8, 4) is 0 Å². The molecule has 1 atom stereocenters. The van der Waals surface area contributed by atoms with E-state index in [2.05, 4.69) is 15.5 Å². The molecule has 1 heterocycles. The minimum Gasteiger partial charge on any atom is -0.379 e. The molecule has 2 N–H and O–H groups in total. The summed E-state index contributed by atoms with van der Waals surface area (Å²) in [5.74, 6) is 0.164. The lowest BCUT2D eigenvalue weighted by Crippen LogP contribution is -2.43. The fourth-order valence-electron chi connectivity index (χ4n) is 1.74. The topological polar surface area (TPSA) is 53.6 Å². The van der Waals surface area contributed by atoms with Crippen molar-refractivity contribution in [1.29, 1.82) is 0 Å². The smallest absolute Gasteiger partial charge is 0.224 e. The molecule has 1 saturated heterocycles. The molecule has 1 unspecified atom stereocenters. The van der Waals surface area contributed by atoms with Gasteiger partial charge < -0.3 is 15.4 Å². The minimum absolute atomic E-state index is 0.0367. The number of carbonyl (C=O) groups is 1. The Balaban J connectivity index is 2.07. The van der Waals surface area contributed by atoms with E-state index in [1.807, 2.05) is 14.0 Å². The van der Waals surface area contributed by atoms with Crippen LogP contribution in [0.2, 0.25) is 0 Å². The van der Waals surface area contributed by atoms with Crippen LogP contribution in [0.5, 0.6) is 0 Å². The fraction of sp³-hybridized carbons (Fsp3) is 0.909. The Labute approximate surface area is 97.5 Å². The van der Waals surface area contributed by atoms with E-state index in [1.165, 1.54) is 0 Å². The van der Waals surface area contributed by atoms with Crippen LogP contribution >= 0.6 is 0 Å². The zero-order valence-electron chi connectivity index (χ0n) is 10.3.